The molecule has 0 saturated carbocycles. The van der Waals surface area contributed by atoms with Gasteiger partial charge in [-0.2, -0.15) is 0 Å². The third-order valence-electron chi connectivity index (χ3n) is 2.38. The molecule has 0 amide bonds. The highest BCUT2D eigenvalue weighted by atomic mass is 19.1. The molecule has 1 rings (SSSR count). The molecule has 0 aliphatic rings. The number of hydrogen-bond acceptors (Lipinski definition) is 2. The van der Waals surface area contributed by atoms with Gasteiger partial charge in [0.05, 0.1) is 0 Å². The molecule has 0 atom stereocenters. The van der Waals surface area contributed by atoms with Crippen LogP contribution in [-0.4, -0.2) is 18.4 Å². The Kier molecular flexibility index (Phi) is 4.62. The Morgan fingerprint density at radius 3 is 2.69 bits per heavy atom. The van der Waals surface area contributed by atoms with Gasteiger partial charge in [-0.25, -0.2) is 4.39 Å². The van der Waals surface area contributed by atoms with Crippen LogP contribution in [0.25, 0.3) is 0 Å². The smallest absolute Gasteiger partial charge is 0.164 e. The van der Waals surface area contributed by atoms with E-state index in [2.05, 4.69) is 5.32 Å². The van der Waals surface area contributed by atoms with Crippen LogP contribution < -0.4 is 5.32 Å². The SMILES string of the molecule is Cc1cc(C(=O)CCNC(C)C)ccc1F. The molecule has 2 nitrogen and oxygen atoms in total. The van der Waals surface area contributed by atoms with Crippen LogP contribution in [0, 0.1) is 12.7 Å². The van der Waals surface area contributed by atoms with E-state index in [0.29, 0.717) is 30.1 Å². The van der Waals surface area contributed by atoms with Crippen LogP contribution in [0.3, 0.4) is 0 Å². The summed E-state index contributed by atoms with van der Waals surface area (Å²) >= 11 is 0. The van der Waals surface area contributed by atoms with Crippen LogP contribution in [0.5, 0.6) is 0 Å². The molecule has 0 fully saturated rings. The van der Waals surface area contributed by atoms with Crippen LogP contribution in [0.15, 0.2) is 18.2 Å². The molecule has 16 heavy (non-hydrogen) atoms. The summed E-state index contributed by atoms with van der Waals surface area (Å²) in [6.07, 6.45) is 0.448. The van der Waals surface area contributed by atoms with E-state index in [1.807, 2.05) is 13.8 Å². The zero-order valence-electron chi connectivity index (χ0n) is 10.0. The molecule has 0 radical (unpaired) electrons. The largest absolute Gasteiger partial charge is 0.314 e. The van der Waals surface area contributed by atoms with Gasteiger partial charge < -0.3 is 5.32 Å². The highest BCUT2D eigenvalue weighted by molar-refractivity contribution is 5.96. The zero-order chi connectivity index (χ0) is 12.1. The minimum absolute atomic E-state index is 0.0521. The molecule has 1 aromatic carbocycles. The lowest BCUT2D eigenvalue weighted by atomic mass is 10.1. The molecule has 0 bridgehead atoms. The van der Waals surface area contributed by atoms with Crippen molar-refractivity contribution in [3.63, 3.8) is 0 Å². The first-order valence-corrected chi connectivity index (χ1v) is 5.53. The first-order valence-electron chi connectivity index (χ1n) is 5.53. The predicted molar refractivity (Wildman–Crippen MR) is 63.2 cm³/mol. The van der Waals surface area contributed by atoms with E-state index in [1.54, 1.807) is 19.1 Å². The fourth-order valence-corrected chi connectivity index (χ4v) is 1.44. The van der Waals surface area contributed by atoms with Crippen molar-refractivity contribution in [2.24, 2.45) is 0 Å². The topological polar surface area (TPSA) is 29.1 Å². The number of carbonyl (C=O) groups excluding carboxylic acids is 1. The monoisotopic (exact) mass is 223 g/mol. The Labute approximate surface area is 95.9 Å². The molecule has 1 aromatic rings. The molecular weight excluding hydrogens is 205 g/mol. The van der Waals surface area contributed by atoms with E-state index in [1.165, 1.54) is 6.07 Å². The first-order chi connectivity index (χ1) is 7.50. The Hall–Kier alpha value is -1.22. The summed E-state index contributed by atoms with van der Waals surface area (Å²) in [7, 11) is 0. The summed E-state index contributed by atoms with van der Waals surface area (Å²) in [5, 5.41) is 3.18. The highest BCUT2D eigenvalue weighted by Gasteiger charge is 2.07. The van der Waals surface area contributed by atoms with Crippen molar-refractivity contribution in [3.8, 4) is 0 Å². The number of benzene rings is 1. The van der Waals surface area contributed by atoms with Crippen LogP contribution in [0.4, 0.5) is 4.39 Å². The average Bonchev–Trinajstić information content (AvgIpc) is 2.21. The summed E-state index contributed by atoms with van der Waals surface area (Å²) in [5.41, 5.74) is 1.10. The van der Waals surface area contributed by atoms with E-state index in [0.717, 1.165) is 0 Å². The Morgan fingerprint density at radius 1 is 1.44 bits per heavy atom. The van der Waals surface area contributed by atoms with Crippen LogP contribution in [-0.2, 0) is 0 Å². The maximum absolute atomic E-state index is 13.0. The molecule has 0 heterocycles. The fourth-order valence-electron chi connectivity index (χ4n) is 1.44. The molecular formula is C13H18FNO. The van der Waals surface area contributed by atoms with Crippen LogP contribution in [0.1, 0.15) is 36.2 Å². The maximum atomic E-state index is 13.0. The van der Waals surface area contributed by atoms with Crippen molar-refractivity contribution in [2.75, 3.05) is 6.54 Å². The predicted octanol–water partition coefficient (Wildman–Crippen LogP) is 2.70. The Bertz CT molecular complexity index is 374. The van der Waals surface area contributed by atoms with Gasteiger partial charge in [0.25, 0.3) is 0 Å². The van der Waals surface area contributed by atoms with E-state index in [9.17, 15) is 9.18 Å². The minimum Gasteiger partial charge on any atom is -0.314 e. The molecule has 3 heteroatoms. The van der Waals surface area contributed by atoms with E-state index < -0.39 is 0 Å². The van der Waals surface area contributed by atoms with Gasteiger partial charge in [-0.3, -0.25) is 4.79 Å². The maximum Gasteiger partial charge on any atom is 0.164 e. The number of nitrogens with one attached hydrogen (secondary N) is 1. The van der Waals surface area contributed by atoms with Crippen LogP contribution >= 0.6 is 0 Å². The molecule has 88 valence electrons. The second kappa shape index (κ2) is 5.75. The van der Waals surface area contributed by atoms with E-state index in [4.69, 9.17) is 0 Å². The molecule has 0 aromatic heterocycles. The number of aryl methyl sites for hydroxylation is 1. The van der Waals surface area contributed by atoms with Gasteiger partial charge in [0.15, 0.2) is 5.78 Å². The molecule has 1 N–H and O–H groups in total. The van der Waals surface area contributed by atoms with E-state index >= 15 is 0 Å². The van der Waals surface area contributed by atoms with Gasteiger partial charge in [0.2, 0.25) is 0 Å². The molecule has 0 aliphatic heterocycles. The lowest BCUT2D eigenvalue weighted by molar-refractivity contribution is 0.0982. The van der Waals surface area contributed by atoms with Crippen molar-refractivity contribution in [2.45, 2.75) is 33.2 Å². The van der Waals surface area contributed by atoms with Gasteiger partial charge in [-0.15, -0.1) is 0 Å². The molecule has 0 aliphatic carbocycles. The Balaban J connectivity index is 2.56. The van der Waals surface area contributed by atoms with Crippen LogP contribution in [0.2, 0.25) is 0 Å². The second-order valence-corrected chi connectivity index (χ2v) is 4.25. The van der Waals surface area contributed by atoms with Crippen molar-refractivity contribution >= 4 is 5.78 Å². The van der Waals surface area contributed by atoms with Gasteiger partial charge in [-0.05, 0) is 30.7 Å². The summed E-state index contributed by atoms with van der Waals surface area (Å²) in [5.74, 6) is -0.215. The van der Waals surface area contributed by atoms with Crippen molar-refractivity contribution in [3.05, 3.63) is 35.1 Å². The second-order valence-electron chi connectivity index (χ2n) is 4.25. The van der Waals surface area contributed by atoms with E-state index in [-0.39, 0.29) is 11.6 Å². The number of ketones is 1. The van der Waals surface area contributed by atoms with Gasteiger partial charge in [0, 0.05) is 24.6 Å². The molecule has 0 unspecified atom stereocenters. The third kappa shape index (κ3) is 3.74. The van der Waals surface area contributed by atoms with Crippen molar-refractivity contribution < 1.29 is 9.18 Å². The molecule has 0 saturated heterocycles. The first kappa shape index (κ1) is 12.8. The summed E-state index contributed by atoms with van der Waals surface area (Å²) in [4.78, 5) is 11.7. The lowest BCUT2D eigenvalue weighted by Gasteiger charge is -2.07. The lowest BCUT2D eigenvalue weighted by Crippen LogP contribution is -2.25. The standard InChI is InChI=1S/C13H18FNO/c1-9(2)15-7-6-13(16)11-4-5-12(14)10(3)8-11/h4-5,8-9,15H,6-7H2,1-3H3. The molecule has 0 spiro atoms. The number of rotatable bonds is 5. The summed E-state index contributed by atoms with van der Waals surface area (Å²) < 4.78 is 13.0. The normalized spacial score (nSPS) is 10.8. The number of halogens is 1. The summed E-state index contributed by atoms with van der Waals surface area (Å²) in [6.45, 7) is 6.39. The minimum atomic E-state index is -0.267. The van der Waals surface area contributed by atoms with Crippen molar-refractivity contribution in [1.29, 1.82) is 0 Å². The zero-order valence-corrected chi connectivity index (χ0v) is 10.0. The number of Topliss-reactive ketones (excluding diaryl/α,β-unsaturated/α-hetero) is 1. The quantitative estimate of drug-likeness (QED) is 0.778. The summed E-state index contributed by atoms with van der Waals surface area (Å²) in [6, 6.07) is 4.87. The average molecular weight is 223 g/mol. The third-order valence-corrected chi connectivity index (χ3v) is 2.38. The van der Waals surface area contributed by atoms with Crippen molar-refractivity contribution in [1.82, 2.24) is 5.32 Å². The van der Waals surface area contributed by atoms with Gasteiger partial charge in [-0.1, -0.05) is 13.8 Å². The Morgan fingerprint density at radius 2 is 2.12 bits per heavy atom. The van der Waals surface area contributed by atoms with Gasteiger partial charge >= 0.3 is 0 Å². The number of hydrogen-bond donors (Lipinski definition) is 1. The highest BCUT2D eigenvalue weighted by Crippen LogP contribution is 2.10. The number of carbonyl (C=O) groups is 1. The van der Waals surface area contributed by atoms with Gasteiger partial charge in [0.1, 0.15) is 5.82 Å². The fraction of sp³-hybridized carbons (Fsp3) is 0.462.